The Bertz CT molecular complexity index is 314. The third-order valence-electron chi connectivity index (χ3n) is 3.01. The molecule has 0 saturated carbocycles. The lowest BCUT2D eigenvalue weighted by atomic mass is 9.94. The highest BCUT2D eigenvalue weighted by atomic mass is 16.2. The van der Waals surface area contributed by atoms with E-state index in [-0.39, 0.29) is 36.1 Å². The zero-order chi connectivity index (χ0) is 10.8. The molecule has 0 aromatic heterocycles. The molecule has 5 heteroatoms. The van der Waals surface area contributed by atoms with E-state index in [9.17, 15) is 14.4 Å². The molecule has 2 aliphatic heterocycles. The Morgan fingerprint density at radius 1 is 1.07 bits per heavy atom. The minimum absolute atomic E-state index is 0.00958. The van der Waals surface area contributed by atoms with Gasteiger partial charge in [0.2, 0.25) is 17.7 Å². The monoisotopic (exact) mass is 210 g/mol. The van der Waals surface area contributed by atoms with Crippen molar-refractivity contribution >= 4 is 17.7 Å². The highest BCUT2D eigenvalue weighted by Gasteiger charge is 2.37. The Morgan fingerprint density at radius 3 is 2.53 bits per heavy atom. The average molecular weight is 210 g/mol. The topological polar surface area (TPSA) is 75.3 Å². The lowest BCUT2D eigenvalue weighted by Crippen LogP contribution is -2.41. The van der Waals surface area contributed by atoms with Gasteiger partial charge in [0.1, 0.15) is 0 Å². The first-order valence-electron chi connectivity index (χ1n) is 5.30. The molecule has 2 unspecified atom stereocenters. The van der Waals surface area contributed by atoms with E-state index in [1.807, 2.05) is 0 Å². The first kappa shape index (κ1) is 10.1. The van der Waals surface area contributed by atoms with E-state index >= 15 is 0 Å². The summed E-state index contributed by atoms with van der Waals surface area (Å²) in [5.74, 6) is -0.847. The molecule has 2 aliphatic rings. The minimum atomic E-state index is -0.362. The molecule has 0 radical (unpaired) electrons. The standard InChI is InChI=1S/C10H14N2O3/c13-8-4-2-1-3-7(11-8)6-5-9(14)12-10(6)15/h6-7H,1-5H2,(H,11,13)(H,12,14,15). The van der Waals surface area contributed by atoms with Gasteiger partial charge in [-0.1, -0.05) is 6.42 Å². The Morgan fingerprint density at radius 2 is 1.87 bits per heavy atom. The molecule has 0 aliphatic carbocycles. The molecular formula is C10H14N2O3. The summed E-state index contributed by atoms with van der Waals surface area (Å²) < 4.78 is 0. The summed E-state index contributed by atoms with van der Waals surface area (Å²) in [6, 6.07) is -0.161. The van der Waals surface area contributed by atoms with Gasteiger partial charge in [0.05, 0.1) is 5.92 Å². The fourth-order valence-corrected chi connectivity index (χ4v) is 2.20. The number of hydrogen-bond acceptors (Lipinski definition) is 3. The molecule has 2 fully saturated rings. The highest BCUT2D eigenvalue weighted by molar-refractivity contribution is 6.04. The van der Waals surface area contributed by atoms with E-state index in [1.54, 1.807) is 0 Å². The predicted molar refractivity (Wildman–Crippen MR) is 51.7 cm³/mol. The van der Waals surface area contributed by atoms with Crippen LogP contribution in [0.15, 0.2) is 0 Å². The van der Waals surface area contributed by atoms with Crippen molar-refractivity contribution in [1.82, 2.24) is 10.6 Å². The van der Waals surface area contributed by atoms with Crippen molar-refractivity contribution in [1.29, 1.82) is 0 Å². The average Bonchev–Trinajstić information content (AvgIpc) is 2.38. The molecule has 15 heavy (non-hydrogen) atoms. The molecule has 0 aromatic carbocycles. The fourth-order valence-electron chi connectivity index (χ4n) is 2.20. The van der Waals surface area contributed by atoms with Crippen molar-refractivity contribution in [2.45, 2.75) is 38.1 Å². The van der Waals surface area contributed by atoms with Gasteiger partial charge in [-0.3, -0.25) is 19.7 Å². The molecule has 0 aromatic rings. The quantitative estimate of drug-likeness (QED) is 0.584. The van der Waals surface area contributed by atoms with Crippen LogP contribution in [0.1, 0.15) is 32.1 Å². The second-order valence-corrected chi connectivity index (χ2v) is 4.14. The van der Waals surface area contributed by atoms with Gasteiger partial charge >= 0.3 is 0 Å². The second-order valence-electron chi connectivity index (χ2n) is 4.14. The molecule has 3 amide bonds. The van der Waals surface area contributed by atoms with Gasteiger partial charge in [-0.15, -0.1) is 0 Å². The maximum atomic E-state index is 11.4. The number of hydrogen-bond donors (Lipinski definition) is 2. The van der Waals surface area contributed by atoms with Crippen LogP contribution < -0.4 is 10.6 Å². The van der Waals surface area contributed by atoms with Crippen molar-refractivity contribution in [2.75, 3.05) is 0 Å². The van der Waals surface area contributed by atoms with Gasteiger partial charge in [-0.2, -0.15) is 0 Å². The summed E-state index contributed by atoms with van der Waals surface area (Å²) in [5, 5.41) is 5.09. The Hall–Kier alpha value is -1.39. The van der Waals surface area contributed by atoms with E-state index in [2.05, 4.69) is 10.6 Å². The molecule has 5 nitrogen and oxygen atoms in total. The molecule has 0 spiro atoms. The van der Waals surface area contributed by atoms with Crippen LogP contribution in [0.3, 0.4) is 0 Å². The lowest BCUT2D eigenvalue weighted by molar-refractivity contribution is -0.126. The SMILES string of the molecule is O=C1CC(C2CCCCC(=O)N2)C(=O)N1. The van der Waals surface area contributed by atoms with Gasteiger partial charge in [0.25, 0.3) is 0 Å². The number of nitrogens with one attached hydrogen (secondary N) is 2. The second kappa shape index (κ2) is 4.00. The number of imide groups is 1. The first-order chi connectivity index (χ1) is 7.16. The van der Waals surface area contributed by atoms with E-state index in [0.29, 0.717) is 6.42 Å². The summed E-state index contributed by atoms with van der Waals surface area (Å²) in [7, 11) is 0. The molecular weight excluding hydrogens is 196 g/mol. The Labute approximate surface area is 87.6 Å². The van der Waals surface area contributed by atoms with Crippen molar-refractivity contribution in [3.63, 3.8) is 0 Å². The van der Waals surface area contributed by atoms with Crippen LogP contribution in [0.25, 0.3) is 0 Å². The van der Waals surface area contributed by atoms with E-state index in [0.717, 1.165) is 19.3 Å². The summed E-state index contributed by atoms with van der Waals surface area (Å²) in [6.45, 7) is 0. The minimum Gasteiger partial charge on any atom is -0.353 e. The number of carbonyl (C=O) groups is 3. The highest BCUT2D eigenvalue weighted by Crippen LogP contribution is 2.22. The molecule has 0 bridgehead atoms. The molecule has 2 rings (SSSR count). The Kier molecular flexibility index (Phi) is 2.70. The predicted octanol–water partition coefficient (Wildman–Crippen LogP) is -0.292. The normalized spacial score (nSPS) is 32.1. The van der Waals surface area contributed by atoms with Gasteiger partial charge < -0.3 is 5.32 Å². The van der Waals surface area contributed by atoms with Crippen LogP contribution in [0.2, 0.25) is 0 Å². The summed E-state index contributed by atoms with van der Waals surface area (Å²) in [4.78, 5) is 33.8. The fraction of sp³-hybridized carbons (Fsp3) is 0.700. The van der Waals surface area contributed by atoms with Crippen LogP contribution in [0.4, 0.5) is 0 Å². The molecule has 2 atom stereocenters. The van der Waals surface area contributed by atoms with Crippen LogP contribution in [-0.4, -0.2) is 23.8 Å². The molecule has 2 heterocycles. The maximum Gasteiger partial charge on any atom is 0.232 e. The zero-order valence-corrected chi connectivity index (χ0v) is 8.41. The number of rotatable bonds is 1. The van der Waals surface area contributed by atoms with E-state index < -0.39 is 0 Å². The molecule has 2 N–H and O–H groups in total. The van der Waals surface area contributed by atoms with Crippen molar-refractivity contribution < 1.29 is 14.4 Å². The molecule has 2 saturated heterocycles. The summed E-state index contributed by atoms with van der Waals surface area (Å²) in [5.41, 5.74) is 0. The van der Waals surface area contributed by atoms with Crippen LogP contribution in [0.5, 0.6) is 0 Å². The van der Waals surface area contributed by atoms with Crippen LogP contribution in [-0.2, 0) is 14.4 Å². The third-order valence-corrected chi connectivity index (χ3v) is 3.01. The summed E-state index contributed by atoms with van der Waals surface area (Å²) >= 11 is 0. The number of amides is 3. The van der Waals surface area contributed by atoms with Crippen molar-refractivity contribution in [3.8, 4) is 0 Å². The van der Waals surface area contributed by atoms with Crippen LogP contribution in [0, 0.1) is 5.92 Å². The van der Waals surface area contributed by atoms with Crippen molar-refractivity contribution in [2.24, 2.45) is 5.92 Å². The Balaban J connectivity index is 2.05. The van der Waals surface area contributed by atoms with Gasteiger partial charge in [0.15, 0.2) is 0 Å². The third kappa shape index (κ3) is 2.16. The van der Waals surface area contributed by atoms with Crippen molar-refractivity contribution in [3.05, 3.63) is 0 Å². The lowest BCUT2D eigenvalue weighted by Gasteiger charge is -2.19. The largest absolute Gasteiger partial charge is 0.353 e. The zero-order valence-electron chi connectivity index (χ0n) is 8.41. The number of carbonyl (C=O) groups excluding carboxylic acids is 3. The van der Waals surface area contributed by atoms with Gasteiger partial charge in [0, 0.05) is 18.9 Å². The van der Waals surface area contributed by atoms with Crippen LogP contribution >= 0.6 is 0 Å². The van der Waals surface area contributed by atoms with Gasteiger partial charge in [-0.25, -0.2) is 0 Å². The first-order valence-corrected chi connectivity index (χ1v) is 5.30. The molecule has 82 valence electrons. The van der Waals surface area contributed by atoms with E-state index in [4.69, 9.17) is 0 Å². The van der Waals surface area contributed by atoms with E-state index in [1.165, 1.54) is 0 Å². The summed E-state index contributed by atoms with van der Waals surface area (Å²) in [6.07, 6.45) is 3.33. The smallest absolute Gasteiger partial charge is 0.232 e. The maximum absolute atomic E-state index is 11.4. The van der Waals surface area contributed by atoms with Gasteiger partial charge in [-0.05, 0) is 12.8 Å².